The number of sulfonamides is 1. The van der Waals surface area contributed by atoms with E-state index in [1.807, 2.05) is 16.8 Å². The number of nitrogens with zero attached hydrogens (tertiary/aromatic N) is 1. The predicted molar refractivity (Wildman–Crippen MR) is 55.3 cm³/mol. The molecule has 0 amide bonds. The normalized spacial score (nSPS) is 13.4. The maximum Gasteiger partial charge on any atom is 0.225 e. The van der Waals surface area contributed by atoms with Gasteiger partial charge in [-0.2, -0.15) is 16.6 Å². The molecule has 76 valence electrons. The van der Waals surface area contributed by atoms with Gasteiger partial charge in [0.2, 0.25) is 10.0 Å². The Morgan fingerprint density at radius 1 is 1.71 bits per heavy atom. The number of hydrogen-bond acceptors (Lipinski definition) is 4. The van der Waals surface area contributed by atoms with Crippen molar-refractivity contribution in [2.75, 3.05) is 5.75 Å². The van der Waals surface area contributed by atoms with Gasteiger partial charge < -0.3 is 0 Å². The summed E-state index contributed by atoms with van der Waals surface area (Å²) >= 11 is 1.51. The molecule has 0 saturated heterocycles. The van der Waals surface area contributed by atoms with Crippen molar-refractivity contribution < 1.29 is 8.42 Å². The molecule has 1 N–H and O–H groups in total. The van der Waals surface area contributed by atoms with Gasteiger partial charge >= 0.3 is 0 Å². The molecule has 4 nitrogen and oxygen atoms in total. The third-order valence-corrected chi connectivity index (χ3v) is 3.58. The van der Waals surface area contributed by atoms with Crippen molar-refractivity contribution >= 4 is 21.4 Å². The van der Waals surface area contributed by atoms with Crippen LogP contribution in [0.5, 0.6) is 0 Å². The SMILES string of the molecule is CC(NS(=O)(=O)CC#N)c1ccsc1. The van der Waals surface area contributed by atoms with E-state index >= 15 is 0 Å². The summed E-state index contributed by atoms with van der Waals surface area (Å²) < 4.78 is 24.8. The number of nitrogens with one attached hydrogen (secondary N) is 1. The Bertz CT molecular complexity index is 417. The first-order chi connectivity index (χ1) is 6.55. The summed E-state index contributed by atoms with van der Waals surface area (Å²) in [6.45, 7) is 1.75. The summed E-state index contributed by atoms with van der Waals surface area (Å²) in [6.07, 6.45) is 0. The van der Waals surface area contributed by atoms with Crippen molar-refractivity contribution in [1.82, 2.24) is 4.72 Å². The Morgan fingerprint density at radius 2 is 2.43 bits per heavy atom. The van der Waals surface area contributed by atoms with Crippen LogP contribution >= 0.6 is 11.3 Å². The zero-order valence-electron chi connectivity index (χ0n) is 7.60. The predicted octanol–water partition coefficient (Wildman–Crippen LogP) is 1.25. The average molecular weight is 230 g/mol. The Morgan fingerprint density at radius 3 is 2.93 bits per heavy atom. The van der Waals surface area contributed by atoms with E-state index in [2.05, 4.69) is 4.72 Å². The zero-order valence-corrected chi connectivity index (χ0v) is 9.23. The van der Waals surface area contributed by atoms with Gasteiger partial charge in [0, 0.05) is 6.04 Å². The first-order valence-electron chi connectivity index (χ1n) is 3.94. The lowest BCUT2D eigenvalue weighted by molar-refractivity contribution is 0.570. The molecular weight excluding hydrogens is 220 g/mol. The van der Waals surface area contributed by atoms with Gasteiger partial charge in [0.1, 0.15) is 0 Å². The van der Waals surface area contributed by atoms with Crippen LogP contribution in [-0.4, -0.2) is 14.2 Å². The van der Waals surface area contributed by atoms with E-state index in [0.717, 1.165) is 5.56 Å². The molecule has 0 aliphatic rings. The van der Waals surface area contributed by atoms with Crippen LogP contribution in [0, 0.1) is 11.3 Å². The summed E-state index contributed by atoms with van der Waals surface area (Å²) in [5.74, 6) is -0.499. The first-order valence-corrected chi connectivity index (χ1v) is 6.54. The maximum absolute atomic E-state index is 11.2. The van der Waals surface area contributed by atoms with Crippen LogP contribution in [0.3, 0.4) is 0 Å². The highest BCUT2D eigenvalue weighted by Gasteiger charge is 2.15. The Labute approximate surface area is 87.2 Å². The summed E-state index contributed by atoms with van der Waals surface area (Å²) in [6, 6.07) is 3.18. The first kappa shape index (κ1) is 11.2. The molecule has 1 aromatic rings. The minimum Gasteiger partial charge on any atom is -0.211 e. The number of hydrogen-bond donors (Lipinski definition) is 1. The van der Waals surface area contributed by atoms with E-state index < -0.39 is 15.8 Å². The largest absolute Gasteiger partial charge is 0.225 e. The van der Waals surface area contributed by atoms with Gasteiger partial charge in [-0.15, -0.1) is 0 Å². The van der Waals surface area contributed by atoms with Gasteiger partial charge in [-0.25, -0.2) is 13.1 Å². The molecule has 0 aliphatic carbocycles. The molecule has 1 atom stereocenters. The molecular formula is C8H10N2O2S2. The van der Waals surface area contributed by atoms with Crippen molar-refractivity contribution in [3.63, 3.8) is 0 Å². The molecule has 0 saturated carbocycles. The van der Waals surface area contributed by atoms with Crippen molar-refractivity contribution in [2.24, 2.45) is 0 Å². The Hall–Kier alpha value is -0.900. The van der Waals surface area contributed by atoms with E-state index in [0.29, 0.717) is 0 Å². The second kappa shape index (κ2) is 4.55. The highest BCUT2D eigenvalue weighted by Crippen LogP contribution is 2.16. The van der Waals surface area contributed by atoms with Crippen LogP contribution in [0.1, 0.15) is 18.5 Å². The average Bonchev–Trinajstić information content (AvgIpc) is 2.53. The summed E-state index contributed by atoms with van der Waals surface area (Å²) in [5.41, 5.74) is 0.913. The monoisotopic (exact) mass is 230 g/mol. The second-order valence-electron chi connectivity index (χ2n) is 2.81. The summed E-state index contributed by atoms with van der Waals surface area (Å²) in [5, 5.41) is 12.0. The molecule has 0 aliphatic heterocycles. The molecule has 0 fully saturated rings. The van der Waals surface area contributed by atoms with E-state index in [-0.39, 0.29) is 6.04 Å². The third kappa shape index (κ3) is 3.10. The summed E-state index contributed by atoms with van der Waals surface area (Å²) in [7, 11) is -3.46. The van der Waals surface area contributed by atoms with Crippen molar-refractivity contribution in [1.29, 1.82) is 5.26 Å². The van der Waals surface area contributed by atoms with Crippen LogP contribution in [-0.2, 0) is 10.0 Å². The molecule has 1 aromatic heterocycles. The smallest absolute Gasteiger partial charge is 0.211 e. The van der Waals surface area contributed by atoms with Crippen LogP contribution < -0.4 is 4.72 Å². The molecule has 1 rings (SSSR count). The van der Waals surface area contributed by atoms with Crippen LogP contribution in [0.4, 0.5) is 0 Å². The fourth-order valence-corrected chi connectivity index (χ4v) is 2.67. The van der Waals surface area contributed by atoms with Gasteiger partial charge in [0.25, 0.3) is 0 Å². The minimum atomic E-state index is -3.46. The lowest BCUT2D eigenvalue weighted by Gasteiger charge is -2.10. The van der Waals surface area contributed by atoms with Crippen molar-refractivity contribution in [3.8, 4) is 6.07 Å². The Kier molecular flexibility index (Phi) is 3.63. The topological polar surface area (TPSA) is 70.0 Å². The van der Waals surface area contributed by atoms with E-state index in [4.69, 9.17) is 5.26 Å². The molecule has 0 radical (unpaired) electrons. The molecule has 1 heterocycles. The fraction of sp³-hybridized carbons (Fsp3) is 0.375. The third-order valence-electron chi connectivity index (χ3n) is 1.65. The number of nitriles is 1. The molecule has 0 spiro atoms. The highest BCUT2D eigenvalue weighted by molar-refractivity contribution is 7.89. The number of thiophene rings is 1. The maximum atomic E-state index is 11.2. The molecule has 14 heavy (non-hydrogen) atoms. The van der Waals surface area contributed by atoms with Crippen molar-refractivity contribution in [3.05, 3.63) is 22.4 Å². The van der Waals surface area contributed by atoms with Crippen LogP contribution in [0.15, 0.2) is 16.8 Å². The van der Waals surface area contributed by atoms with Crippen LogP contribution in [0.2, 0.25) is 0 Å². The van der Waals surface area contributed by atoms with Gasteiger partial charge in [-0.05, 0) is 29.3 Å². The minimum absolute atomic E-state index is 0.278. The van der Waals surface area contributed by atoms with Gasteiger partial charge in [-0.3, -0.25) is 0 Å². The highest BCUT2D eigenvalue weighted by atomic mass is 32.2. The Balaban J connectivity index is 2.67. The number of rotatable bonds is 4. The lowest BCUT2D eigenvalue weighted by atomic mass is 10.2. The van der Waals surface area contributed by atoms with Gasteiger partial charge in [0.05, 0.1) is 6.07 Å². The van der Waals surface area contributed by atoms with Gasteiger partial charge in [0.15, 0.2) is 5.75 Å². The standard InChI is InChI=1S/C8H10N2O2S2/c1-7(8-2-4-13-6-8)10-14(11,12)5-3-9/h2,4,6-7,10H,5H2,1H3. The van der Waals surface area contributed by atoms with Crippen LogP contribution in [0.25, 0.3) is 0 Å². The molecule has 6 heteroatoms. The van der Waals surface area contributed by atoms with Gasteiger partial charge in [-0.1, -0.05) is 0 Å². The molecule has 0 bridgehead atoms. The van der Waals surface area contributed by atoms with Crippen molar-refractivity contribution in [2.45, 2.75) is 13.0 Å². The second-order valence-corrected chi connectivity index (χ2v) is 5.35. The van der Waals surface area contributed by atoms with E-state index in [1.165, 1.54) is 11.3 Å². The quantitative estimate of drug-likeness (QED) is 0.846. The van der Waals surface area contributed by atoms with E-state index in [9.17, 15) is 8.42 Å². The summed E-state index contributed by atoms with van der Waals surface area (Å²) in [4.78, 5) is 0. The molecule has 1 unspecified atom stereocenters. The zero-order chi connectivity index (χ0) is 10.6. The molecule has 0 aromatic carbocycles. The fourth-order valence-electron chi connectivity index (χ4n) is 0.985. The lowest BCUT2D eigenvalue weighted by Crippen LogP contribution is -2.28. The van der Waals surface area contributed by atoms with E-state index in [1.54, 1.807) is 13.0 Å².